The molecule has 0 fully saturated rings. The summed E-state index contributed by atoms with van der Waals surface area (Å²) in [5, 5.41) is 18.7. The molecule has 11 heteroatoms. The molecule has 6 aromatic rings. The second-order valence-corrected chi connectivity index (χ2v) is 13.5. The predicted octanol–water partition coefficient (Wildman–Crippen LogP) is 10.4. The monoisotopic (exact) mass is 735 g/mol. The summed E-state index contributed by atoms with van der Waals surface area (Å²) >= 11 is 12.6. The van der Waals surface area contributed by atoms with Gasteiger partial charge >= 0.3 is 18.0 Å². The molecule has 0 aliphatic rings. The van der Waals surface area contributed by atoms with Gasteiger partial charge in [-0.15, -0.1) is 0 Å². The number of aromatic nitrogens is 3. The van der Waals surface area contributed by atoms with Crippen molar-refractivity contribution in [2.75, 3.05) is 0 Å². The van der Waals surface area contributed by atoms with E-state index in [4.69, 9.17) is 38.0 Å². The van der Waals surface area contributed by atoms with E-state index in [1.165, 1.54) is 4.57 Å². The van der Waals surface area contributed by atoms with Crippen LogP contribution >= 0.6 is 23.2 Å². The molecule has 6 rings (SSSR count). The van der Waals surface area contributed by atoms with Crippen molar-refractivity contribution in [3.05, 3.63) is 160 Å². The van der Waals surface area contributed by atoms with Crippen LogP contribution in [0.25, 0.3) is 34.7 Å². The standard InChI is InChI=1S/C34H29Cl2N3O4.C7H6O2/c1-34(2,3)43-33(42)39-18-4-5-30(39)24-11-6-22(7-12-24)10-17-31-37-29(27-16-15-26(35)19-28(27)36)21-38(31)20-23-8-13-25(14-9-23)32(40)41;8-7(9)6-4-2-1-3-5-6/h4-19,21H,20H2,1-3H3,(H,40,41);1-5H,(H,8,9)/b17-10+;. The van der Waals surface area contributed by atoms with E-state index in [9.17, 15) is 19.5 Å². The van der Waals surface area contributed by atoms with E-state index < -0.39 is 23.6 Å². The Balaban J connectivity index is 0.000000507. The number of rotatable bonds is 8. The zero-order valence-corrected chi connectivity index (χ0v) is 30.0. The molecule has 0 aliphatic heterocycles. The van der Waals surface area contributed by atoms with Gasteiger partial charge in [0.1, 0.15) is 11.4 Å². The number of carboxylic acid groups (broad SMARTS) is 2. The average Bonchev–Trinajstić information content (AvgIpc) is 3.76. The molecule has 0 aliphatic carbocycles. The van der Waals surface area contributed by atoms with E-state index in [2.05, 4.69) is 0 Å². The highest BCUT2D eigenvalue weighted by Crippen LogP contribution is 2.31. The van der Waals surface area contributed by atoms with E-state index >= 15 is 0 Å². The summed E-state index contributed by atoms with van der Waals surface area (Å²) in [7, 11) is 0. The highest BCUT2D eigenvalue weighted by Gasteiger charge is 2.20. The summed E-state index contributed by atoms with van der Waals surface area (Å²) < 4.78 is 9.02. The van der Waals surface area contributed by atoms with Gasteiger partial charge in [0.2, 0.25) is 0 Å². The highest BCUT2D eigenvalue weighted by molar-refractivity contribution is 6.36. The first-order valence-electron chi connectivity index (χ1n) is 16.1. The van der Waals surface area contributed by atoms with Crippen LogP contribution in [0, 0.1) is 0 Å². The number of imidazole rings is 1. The van der Waals surface area contributed by atoms with Crippen LogP contribution in [-0.4, -0.2) is 48.0 Å². The van der Waals surface area contributed by atoms with Gasteiger partial charge in [0, 0.05) is 29.5 Å². The zero-order chi connectivity index (χ0) is 37.4. The fourth-order valence-corrected chi connectivity index (χ4v) is 5.57. The Morgan fingerprint density at radius 3 is 2.04 bits per heavy atom. The van der Waals surface area contributed by atoms with E-state index in [1.807, 2.05) is 86.2 Å². The summed E-state index contributed by atoms with van der Waals surface area (Å²) in [6.45, 7) is 5.98. The van der Waals surface area contributed by atoms with Crippen LogP contribution in [0.5, 0.6) is 0 Å². The number of nitrogens with zero attached hydrogens (tertiary/aromatic N) is 3. The van der Waals surface area contributed by atoms with Crippen molar-refractivity contribution in [2.24, 2.45) is 0 Å². The normalized spacial score (nSPS) is 11.2. The molecular formula is C41H35Cl2N3O6. The molecule has 0 unspecified atom stereocenters. The third kappa shape index (κ3) is 9.87. The maximum absolute atomic E-state index is 12.7. The summed E-state index contributed by atoms with van der Waals surface area (Å²) in [4.78, 5) is 39.0. The van der Waals surface area contributed by atoms with Crippen molar-refractivity contribution in [1.29, 1.82) is 0 Å². The van der Waals surface area contributed by atoms with Crippen LogP contribution in [0.4, 0.5) is 4.79 Å². The molecule has 264 valence electrons. The fourth-order valence-electron chi connectivity index (χ4n) is 5.07. The molecule has 2 aromatic heterocycles. The lowest BCUT2D eigenvalue weighted by atomic mass is 10.1. The molecule has 0 radical (unpaired) electrons. The van der Waals surface area contributed by atoms with Crippen LogP contribution in [0.1, 0.15) is 58.4 Å². The molecule has 0 atom stereocenters. The Kier molecular flexibility index (Phi) is 11.8. The Hall–Kier alpha value is -5.90. The van der Waals surface area contributed by atoms with Gasteiger partial charge in [-0.2, -0.15) is 0 Å². The molecule has 2 N–H and O–H groups in total. The Labute approximate surface area is 311 Å². The topological polar surface area (TPSA) is 124 Å². The van der Waals surface area contributed by atoms with Crippen molar-refractivity contribution < 1.29 is 29.3 Å². The van der Waals surface area contributed by atoms with E-state index in [-0.39, 0.29) is 5.56 Å². The maximum Gasteiger partial charge on any atom is 0.418 e. The molecule has 9 nitrogen and oxygen atoms in total. The second-order valence-electron chi connectivity index (χ2n) is 12.6. The van der Waals surface area contributed by atoms with E-state index in [0.29, 0.717) is 33.7 Å². The van der Waals surface area contributed by atoms with E-state index in [0.717, 1.165) is 27.9 Å². The number of carboxylic acids is 2. The molecular weight excluding hydrogens is 701 g/mol. The Morgan fingerprint density at radius 2 is 1.44 bits per heavy atom. The van der Waals surface area contributed by atoms with E-state index in [1.54, 1.807) is 72.9 Å². The number of hydrogen-bond donors (Lipinski definition) is 2. The van der Waals surface area contributed by atoms with Gasteiger partial charge in [-0.1, -0.05) is 83.9 Å². The molecule has 0 spiro atoms. The number of carbonyl (C=O) groups excluding carboxylic acids is 1. The number of ether oxygens (including phenoxy) is 1. The molecule has 0 bridgehead atoms. The summed E-state index contributed by atoms with van der Waals surface area (Å²) in [6.07, 6.45) is 7.04. The highest BCUT2D eigenvalue weighted by atomic mass is 35.5. The maximum atomic E-state index is 12.7. The van der Waals surface area contributed by atoms with Crippen molar-refractivity contribution in [3.63, 3.8) is 0 Å². The van der Waals surface area contributed by atoms with Crippen LogP contribution < -0.4 is 0 Å². The van der Waals surface area contributed by atoms with Gasteiger partial charge in [-0.25, -0.2) is 19.4 Å². The van der Waals surface area contributed by atoms with Crippen LogP contribution in [0.2, 0.25) is 10.0 Å². The predicted molar refractivity (Wildman–Crippen MR) is 204 cm³/mol. The molecule has 0 amide bonds. The number of aromatic carboxylic acids is 2. The van der Waals surface area contributed by atoms with Crippen molar-refractivity contribution in [3.8, 4) is 22.5 Å². The van der Waals surface area contributed by atoms with Gasteiger partial charge in [-0.05, 0) is 98.1 Å². The molecule has 52 heavy (non-hydrogen) atoms. The largest absolute Gasteiger partial charge is 0.478 e. The van der Waals surface area contributed by atoms with Crippen molar-refractivity contribution >= 4 is 53.4 Å². The molecule has 0 saturated heterocycles. The van der Waals surface area contributed by atoms with Gasteiger partial charge in [0.05, 0.1) is 27.5 Å². The Morgan fingerprint density at radius 1 is 0.788 bits per heavy atom. The van der Waals surface area contributed by atoms with Crippen LogP contribution in [0.15, 0.2) is 122 Å². The third-order valence-corrected chi connectivity index (χ3v) is 8.11. The minimum Gasteiger partial charge on any atom is -0.478 e. The lowest BCUT2D eigenvalue weighted by Crippen LogP contribution is -2.27. The van der Waals surface area contributed by atoms with Crippen LogP contribution in [0.3, 0.4) is 0 Å². The smallest absolute Gasteiger partial charge is 0.418 e. The van der Waals surface area contributed by atoms with Crippen molar-refractivity contribution in [1.82, 2.24) is 14.1 Å². The zero-order valence-electron chi connectivity index (χ0n) is 28.5. The minimum atomic E-state index is -0.971. The van der Waals surface area contributed by atoms with Gasteiger partial charge < -0.3 is 19.5 Å². The average molecular weight is 737 g/mol. The van der Waals surface area contributed by atoms with Gasteiger partial charge in [-0.3, -0.25) is 4.57 Å². The number of benzene rings is 4. The lowest BCUT2D eigenvalue weighted by molar-refractivity contribution is 0.0538. The first-order valence-corrected chi connectivity index (χ1v) is 16.9. The summed E-state index contributed by atoms with van der Waals surface area (Å²) in [5.41, 5.74) is 4.85. The summed E-state index contributed by atoms with van der Waals surface area (Å²) in [5.74, 6) is -1.16. The number of hydrogen-bond acceptors (Lipinski definition) is 5. The fraction of sp³-hybridized carbons (Fsp3) is 0.122. The summed E-state index contributed by atoms with van der Waals surface area (Å²) in [6, 6.07) is 31.8. The minimum absolute atomic E-state index is 0.227. The number of carbonyl (C=O) groups is 3. The molecule has 2 heterocycles. The second kappa shape index (κ2) is 16.4. The van der Waals surface area contributed by atoms with Crippen molar-refractivity contribution in [2.45, 2.75) is 32.9 Å². The number of halogens is 2. The molecule has 4 aromatic carbocycles. The Bertz CT molecular complexity index is 2220. The first kappa shape index (κ1) is 37.4. The molecule has 0 saturated carbocycles. The third-order valence-electron chi connectivity index (χ3n) is 7.56. The SMILES string of the molecule is CC(C)(C)OC(=O)n1cccc1-c1ccc(/C=C/c2nc(-c3ccc(Cl)cc3Cl)cn2Cc2ccc(C(=O)O)cc2)cc1.O=C(O)c1ccccc1. The van der Waals surface area contributed by atoms with Gasteiger partial charge in [0.15, 0.2) is 0 Å². The van der Waals surface area contributed by atoms with Crippen LogP contribution in [-0.2, 0) is 11.3 Å². The lowest BCUT2D eigenvalue weighted by Gasteiger charge is -2.20. The quantitative estimate of drug-likeness (QED) is 0.159. The first-order chi connectivity index (χ1) is 24.8. The van der Waals surface area contributed by atoms with Gasteiger partial charge in [0.25, 0.3) is 0 Å².